The number of hydrogen-bond acceptors (Lipinski definition) is 4. The summed E-state index contributed by atoms with van der Waals surface area (Å²) in [5.74, 6) is 0.215. The molecule has 1 atom stereocenters. The van der Waals surface area contributed by atoms with Gasteiger partial charge in [0.05, 0.1) is 11.5 Å². The maximum Gasteiger partial charge on any atom is 0.242 e. The summed E-state index contributed by atoms with van der Waals surface area (Å²) in [6.07, 6.45) is 0.730. The molecule has 0 aliphatic carbocycles. The quantitative estimate of drug-likeness (QED) is 0.857. The zero-order valence-corrected chi connectivity index (χ0v) is 14.1. The third-order valence-corrected chi connectivity index (χ3v) is 6.48. The Labute approximate surface area is 129 Å². The van der Waals surface area contributed by atoms with E-state index < -0.39 is 10.0 Å². The lowest BCUT2D eigenvalue weighted by Crippen LogP contribution is -2.38. The molecule has 21 heavy (non-hydrogen) atoms. The normalized spacial score (nSPS) is 14.0. The predicted octanol–water partition coefficient (Wildman–Crippen LogP) is 3.11. The smallest absolute Gasteiger partial charge is 0.242 e. The molecular formula is C15H21NO3S2. The highest BCUT2D eigenvalue weighted by molar-refractivity contribution is 7.90. The van der Waals surface area contributed by atoms with Gasteiger partial charge in [0.25, 0.3) is 0 Å². The summed E-state index contributed by atoms with van der Waals surface area (Å²) in [7, 11) is -3.64. The van der Waals surface area contributed by atoms with Crippen molar-refractivity contribution in [2.24, 2.45) is 5.92 Å². The van der Waals surface area contributed by atoms with Gasteiger partial charge in [0.2, 0.25) is 10.0 Å². The minimum Gasteiger partial charge on any atom is -0.391 e. The van der Waals surface area contributed by atoms with Crippen molar-refractivity contribution in [1.82, 2.24) is 4.72 Å². The average molecular weight is 327 g/mol. The molecule has 4 nitrogen and oxygen atoms in total. The molecule has 0 saturated carbocycles. The summed E-state index contributed by atoms with van der Waals surface area (Å²) in [5.41, 5.74) is 0. The van der Waals surface area contributed by atoms with Gasteiger partial charge in [-0.05, 0) is 18.4 Å². The highest BCUT2D eigenvalue weighted by Crippen LogP contribution is 2.34. The maximum absolute atomic E-state index is 12.7. The highest BCUT2D eigenvalue weighted by atomic mass is 32.2. The van der Waals surface area contributed by atoms with Crippen LogP contribution >= 0.6 is 11.3 Å². The van der Waals surface area contributed by atoms with Gasteiger partial charge in [-0.1, -0.05) is 39.0 Å². The molecule has 2 aromatic rings. The molecular weight excluding hydrogens is 306 g/mol. The van der Waals surface area contributed by atoms with E-state index in [1.165, 1.54) is 11.3 Å². The molecule has 1 unspecified atom stereocenters. The lowest BCUT2D eigenvalue weighted by atomic mass is 10.0. The Balaban J connectivity index is 2.53. The van der Waals surface area contributed by atoms with Crippen molar-refractivity contribution in [1.29, 1.82) is 0 Å². The third-order valence-electron chi connectivity index (χ3n) is 3.58. The Morgan fingerprint density at radius 1 is 1.29 bits per heavy atom. The van der Waals surface area contributed by atoms with Crippen LogP contribution in [0.2, 0.25) is 0 Å². The number of benzene rings is 1. The molecule has 0 fully saturated rings. The largest absolute Gasteiger partial charge is 0.391 e. The van der Waals surface area contributed by atoms with Gasteiger partial charge in [0, 0.05) is 16.1 Å². The number of sulfonamides is 1. The van der Waals surface area contributed by atoms with Crippen LogP contribution in [-0.2, 0) is 16.6 Å². The van der Waals surface area contributed by atoms with Crippen molar-refractivity contribution in [3.63, 3.8) is 0 Å². The first-order valence-electron chi connectivity index (χ1n) is 7.04. The van der Waals surface area contributed by atoms with E-state index in [4.69, 9.17) is 0 Å². The van der Waals surface area contributed by atoms with E-state index in [1.54, 1.807) is 6.07 Å². The maximum atomic E-state index is 12.7. The van der Waals surface area contributed by atoms with Crippen LogP contribution in [0.3, 0.4) is 0 Å². The molecule has 0 saturated heterocycles. The fourth-order valence-corrected chi connectivity index (χ4v) is 5.69. The molecule has 2 rings (SSSR count). The summed E-state index contributed by atoms with van der Waals surface area (Å²) in [5, 5.41) is 10.2. The second kappa shape index (κ2) is 6.44. The Morgan fingerprint density at radius 2 is 1.95 bits per heavy atom. The number of nitrogens with one attached hydrogen (secondary N) is 1. The van der Waals surface area contributed by atoms with E-state index in [0.717, 1.165) is 11.1 Å². The third kappa shape index (κ3) is 3.29. The lowest BCUT2D eigenvalue weighted by molar-refractivity contribution is 0.282. The topological polar surface area (TPSA) is 66.4 Å². The monoisotopic (exact) mass is 327 g/mol. The molecule has 2 N–H and O–H groups in total. The van der Waals surface area contributed by atoms with Gasteiger partial charge in [0.1, 0.15) is 4.90 Å². The molecule has 0 aliphatic rings. The molecule has 0 bridgehead atoms. The first-order chi connectivity index (χ1) is 9.90. The number of fused-ring (bicyclic) bond motifs is 1. The summed E-state index contributed by atoms with van der Waals surface area (Å²) in [4.78, 5) is 0.715. The zero-order chi connectivity index (χ0) is 15.6. The van der Waals surface area contributed by atoms with Gasteiger partial charge in [-0.2, -0.15) is 0 Å². The van der Waals surface area contributed by atoms with Crippen LogP contribution in [0, 0.1) is 5.92 Å². The van der Waals surface area contributed by atoms with Crippen molar-refractivity contribution in [3.05, 3.63) is 29.1 Å². The van der Waals surface area contributed by atoms with E-state index in [1.807, 2.05) is 39.0 Å². The van der Waals surface area contributed by atoms with Crippen molar-refractivity contribution < 1.29 is 13.5 Å². The molecule has 116 valence electrons. The Bertz CT molecular complexity index is 720. The fourth-order valence-electron chi connectivity index (χ4n) is 2.42. The van der Waals surface area contributed by atoms with Crippen LogP contribution in [-0.4, -0.2) is 19.6 Å². The number of thiophene rings is 1. The van der Waals surface area contributed by atoms with E-state index >= 15 is 0 Å². The summed E-state index contributed by atoms with van der Waals surface area (Å²) >= 11 is 1.32. The van der Waals surface area contributed by atoms with E-state index in [9.17, 15) is 13.5 Å². The van der Waals surface area contributed by atoms with Crippen LogP contribution in [0.5, 0.6) is 0 Å². The van der Waals surface area contributed by atoms with Crippen LogP contribution < -0.4 is 4.72 Å². The van der Waals surface area contributed by atoms with Gasteiger partial charge in [-0.15, -0.1) is 11.3 Å². The predicted molar refractivity (Wildman–Crippen MR) is 87.0 cm³/mol. The zero-order valence-electron chi connectivity index (χ0n) is 12.5. The summed E-state index contributed by atoms with van der Waals surface area (Å²) in [6.45, 7) is 5.69. The van der Waals surface area contributed by atoms with Gasteiger partial charge < -0.3 is 5.11 Å². The number of aliphatic hydroxyl groups excluding tert-OH is 1. The highest BCUT2D eigenvalue weighted by Gasteiger charge is 2.27. The van der Waals surface area contributed by atoms with Crippen LogP contribution in [0.4, 0.5) is 0 Å². The average Bonchev–Trinajstić information content (AvgIpc) is 2.83. The fraction of sp³-hybridized carbons (Fsp3) is 0.467. The molecule has 1 aromatic heterocycles. The molecule has 1 heterocycles. The second-order valence-corrected chi connectivity index (χ2v) is 8.18. The molecule has 0 aliphatic heterocycles. The summed E-state index contributed by atoms with van der Waals surface area (Å²) in [6, 6.07) is 7.23. The SMILES string of the molecule is CCC(NS(=O)(=O)c1c(CO)sc2ccccc12)C(C)C. The molecule has 0 radical (unpaired) electrons. The van der Waals surface area contributed by atoms with Gasteiger partial charge in [-0.25, -0.2) is 13.1 Å². The Morgan fingerprint density at radius 3 is 2.52 bits per heavy atom. The van der Waals surface area contributed by atoms with E-state index in [2.05, 4.69) is 4.72 Å². The molecule has 6 heteroatoms. The van der Waals surface area contributed by atoms with Crippen molar-refractivity contribution in [2.75, 3.05) is 0 Å². The van der Waals surface area contributed by atoms with E-state index in [0.29, 0.717) is 10.3 Å². The van der Waals surface area contributed by atoms with E-state index in [-0.39, 0.29) is 23.5 Å². The van der Waals surface area contributed by atoms with Crippen LogP contribution in [0.15, 0.2) is 29.2 Å². The molecule has 0 spiro atoms. The van der Waals surface area contributed by atoms with Crippen LogP contribution in [0.1, 0.15) is 32.1 Å². The molecule has 1 aromatic carbocycles. The first-order valence-corrected chi connectivity index (χ1v) is 9.34. The lowest BCUT2D eigenvalue weighted by Gasteiger charge is -2.20. The number of hydrogen-bond donors (Lipinski definition) is 2. The second-order valence-electron chi connectivity index (χ2n) is 5.39. The standard InChI is InChI=1S/C15H21NO3S2/c1-4-12(10(2)3)16-21(18,19)15-11-7-5-6-8-13(11)20-14(15)9-17/h5-8,10,12,16-17H,4,9H2,1-3H3. The summed E-state index contributed by atoms with van der Waals surface area (Å²) < 4.78 is 29.1. The minimum atomic E-state index is -3.64. The number of rotatable bonds is 6. The van der Waals surface area contributed by atoms with Crippen molar-refractivity contribution in [2.45, 2.75) is 44.7 Å². The Kier molecular flexibility index (Phi) is 5.03. The number of aliphatic hydroxyl groups is 1. The first kappa shape index (κ1) is 16.4. The molecule has 0 amide bonds. The van der Waals surface area contributed by atoms with Gasteiger partial charge in [0.15, 0.2) is 0 Å². The minimum absolute atomic E-state index is 0.111. The van der Waals surface area contributed by atoms with Crippen molar-refractivity contribution in [3.8, 4) is 0 Å². The van der Waals surface area contributed by atoms with Crippen LogP contribution in [0.25, 0.3) is 10.1 Å². The van der Waals surface area contributed by atoms with Crippen molar-refractivity contribution >= 4 is 31.4 Å². The Hall–Kier alpha value is -0.950. The van der Waals surface area contributed by atoms with Gasteiger partial charge >= 0.3 is 0 Å². The van der Waals surface area contributed by atoms with Gasteiger partial charge in [-0.3, -0.25) is 0 Å².